The number of nitrogens with one attached hydrogen (secondary N) is 1. The third-order valence-electron chi connectivity index (χ3n) is 6.21. The van der Waals surface area contributed by atoms with Crippen molar-refractivity contribution in [2.75, 3.05) is 23.8 Å². The second-order valence-corrected chi connectivity index (χ2v) is 9.80. The molecule has 184 valence electrons. The summed E-state index contributed by atoms with van der Waals surface area (Å²) < 4.78 is 1.94. The van der Waals surface area contributed by atoms with E-state index in [4.69, 9.17) is 17.3 Å². The van der Waals surface area contributed by atoms with Crippen molar-refractivity contribution in [3.8, 4) is 11.3 Å². The number of benzene rings is 2. The minimum Gasteiger partial charge on any atom is -0.356 e. The third kappa shape index (κ3) is 4.69. The Bertz CT molecular complexity index is 1340. The topological polar surface area (TPSA) is 69.5 Å². The minimum atomic E-state index is -0.863. The summed E-state index contributed by atoms with van der Waals surface area (Å²) in [6.45, 7) is 5.45. The van der Waals surface area contributed by atoms with Crippen LogP contribution in [0.1, 0.15) is 25.0 Å². The Labute approximate surface area is 217 Å². The largest absolute Gasteiger partial charge is 0.356 e. The van der Waals surface area contributed by atoms with Crippen molar-refractivity contribution in [2.45, 2.75) is 26.7 Å². The molecule has 4 aromatic rings. The molecule has 1 atom stereocenters. The van der Waals surface area contributed by atoms with E-state index in [1.807, 2.05) is 65.2 Å². The summed E-state index contributed by atoms with van der Waals surface area (Å²) in [5.41, 5.74) is 4.87. The fourth-order valence-electron chi connectivity index (χ4n) is 4.41. The zero-order valence-electron chi connectivity index (χ0n) is 20.7. The second-order valence-electron chi connectivity index (χ2n) is 9.42. The summed E-state index contributed by atoms with van der Waals surface area (Å²) in [4.78, 5) is 8.66. The number of anilines is 3. The zero-order valence-corrected chi connectivity index (χ0v) is 21.5. The molecule has 7 nitrogen and oxygen atoms in total. The highest BCUT2D eigenvalue weighted by atomic mass is 32.1. The summed E-state index contributed by atoms with van der Waals surface area (Å²) in [7, 11) is 1.82. The van der Waals surface area contributed by atoms with Crippen LogP contribution in [0.5, 0.6) is 0 Å². The molecule has 0 spiro atoms. The lowest BCUT2D eigenvalue weighted by Crippen LogP contribution is -2.54. The number of hydrogen-bond donors (Lipinski definition) is 2. The summed E-state index contributed by atoms with van der Waals surface area (Å²) in [5.74, 6) is 1.84. The molecule has 5 rings (SSSR count). The van der Waals surface area contributed by atoms with Crippen molar-refractivity contribution in [1.29, 1.82) is 0 Å². The van der Waals surface area contributed by atoms with Gasteiger partial charge in [-0.25, -0.2) is 4.68 Å². The molecule has 0 bridgehead atoms. The summed E-state index contributed by atoms with van der Waals surface area (Å²) in [5, 5.41) is 19.5. The Morgan fingerprint density at radius 2 is 1.72 bits per heavy atom. The number of nitrogens with zero attached hydrogens (tertiary/aromatic N) is 5. The van der Waals surface area contributed by atoms with Crippen molar-refractivity contribution in [3.63, 3.8) is 0 Å². The molecule has 1 aliphatic rings. The molecule has 0 fully saturated rings. The van der Waals surface area contributed by atoms with E-state index >= 15 is 0 Å². The molecular weight excluding hydrogens is 468 g/mol. The van der Waals surface area contributed by atoms with E-state index in [9.17, 15) is 5.11 Å². The van der Waals surface area contributed by atoms with Gasteiger partial charge in [-0.15, -0.1) is 0 Å². The fraction of sp³-hybridized carbons (Fsp3) is 0.250. The first-order valence-electron chi connectivity index (χ1n) is 12.1. The Kier molecular flexibility index (Phi) is 6.71. The lowest BCUT2D eigenvalue weighted by Gasteiger charge is -2.40. The van der Waals surface area contributed by atoms with Gasteiger partial charge >= 0.3 is 0 Å². The van der Waals surface area contributed by atoms with E-state index in [1.165, 1.54) is 0 Å². The maximum Gasteiger partial charge on any atom is 0.209 e. The highest BCUT2D eigenvalue weighted by Crippen LogP contribution is 2.37. The van der Waals surface area contributed by atoms with Crippen LogP contribution in [0.25, 0.3) is 11.3 Å². The SMILES string of the molecule is CC(C)CN1c2nn(Cc3ccc(-c4ccccn4)cc3)c(Nc3ccccc3)c2C(=S)N(C)C1O. The van der Waals surface area contributed by atoms with Crippen molar-refractivity contribution < 1.29 is 5.11 Å². The molecule has 2 N–H and O–H groups in total. The zero-order chi connectivity index (χ0) is 25.2. The Morgan fingerprint density at radius 1 is 1.00 bits per heavy atom. The van der Waals surface area contributed by atoms with Crippen LogP contribution in [0.3, 0.4) is 0 Å². The maximum atomic E-state index is 11.0. The molecule has 0 aliphatic carbocycles. The van der Waals surface area contributed by atoms with Gasteiger partial charge in [0.15, 0.2) is 5.82 Å². The number of para-hydroxylation sites is 1. The number of fused-ring (bicyclic) bond motifs is 1. The van der Waals surface area contributed by atoms with Gasteiger partial charge < -0.3 is 20.2 Å². The van der Waals surface area contributed by atoms with Crippen molar-refractivity contribution in [2.24, 2.45) is 5.92 Å². The highest BCUT2D eigenvalue weighted by Gasteiger charge is 2.38. The maximum absolute atomic E-state index is 11.0. The van der Waals surface area contributed by atoms with Gasteiger partial charge in [0.1, 0.15) is 10.8 Å². The van der Waals surface area contributed by atoms with E-state index in [0.717, 1.165) is 33.9 Å². The molecule has 0 amide bonds. The molecule has 36 heavy (non-hydrogen) atoms. The predicted octanol–water partition coefficient (Wildman–Crippen LogP) is 5.10. The lowest BCUT2D eigenvalue weighted by molar-refractivity contribution is 0.0614. The number of aliphatic hydroxyl groups excluding tert-OH is 1. The van der Waals surface area contributed by atoms with Gasteiger partial charge in [-0.05, 0) is 35.7 Å². The Balaban J connectivity index is 1.55. The summed E-state index contributed by atoms with van der Waals surface area (Å²) in [6, 6.07) is 24.3. The van der Waals surface area contributed by atoms with Gasteiger partial charge in [-0.2, -0.15) is 5.10 Å². The Morgan fingerprint density at radius 3 is 2.39 bits per heavy atom. The first-order valence-corrected chi connectivity index (χ1v) is 12.5. The highest BCUT2D eigenvalue weighted by molar-refractivity contribution is 7.80. The minimum absolute atomic E-state index is 0.336. The molecule has 8 heteroatoms. The van der Waals surface area contributed by atoms with E-state index < -0.39 is 6.35 Å². The van der Waals surface area contributed by atoms with Crippen LogP contribution >= 0.6 is 12.2 Å². The number of pyridine rings is 1. The standard InChI is InChI=1S/C28H30N6OS/c1-19(2)17-33-26-24(27(36)32(3)28(33)35)25(30-22-9-5-4-6-10-22)34(31-26)18-20-12-14-21(15-13-20)23-11-7-8-16-29-23/h4-16,19,28,30,35H,17-18H2,1-3H3. The van der Waals surface area contributed by atoms with E-state index in [-0.39, 0.29) is 0 Å². The summed E-state index contributed by atoms with van der Waals surface area (Å²) >= 11 is 5.82. The van der Waals surface area contributed by atoms with Crippen LogP contribution in [0.2, 0.25) is 0 Å². The molecule has 0 saturated heterocycles. The molecule has 2 aromatic carbocycles. The van der Waals surface area contributed by atoms with E-state index in [2.05, 4.69) is 48.4 Å². The average molecular weight is 499 g/mol. The van der Waals surface area contributed by atoms with Crippen molar-refractivity contribution in [1.82, 2.24) is 19.7 Å². The van der Waals surface area contributed by atoms with Crippen LogP contribution < -0.4 is 10.2 Å². The Hall–Kier alpha value is -3.75. The second kappa shape index (κ2) is 10.1. The quantitative estimate of drug-likeness (QED) is 0.344. The molecule has 1 aliphatic heterocycles. The van der Waals surface area contributed by atoms with Gasteiger partial charge in [0.05, 0.1) is 17.8 Å². The number of rotatable bonds is 7. The van der Waals surface area contributed by atoms with Crippen LogP contribution in [0.4, 0.5) is 17.3 Å². The smallest absolute Gasteiger partial charge is 0.209 e. The molecule has 0 saturated carbocycles. The number of thiocarbonyl (C=S) groups is 1. The first kappa shape index (κ1) is 24.0. The average Bonchev–Trinajstić information content (AvgIpc) is 3.24. The number of aliphatic hydroxyl groups is 1. The third-order valence-corrected chi connectivity index (χ3v) is 6.70. The van der Waals surface area contributed by atoms with Crippen LogP contribution in [0, 0.1) is 5.92 Å². The van der Waals surface area contributed by atoms with Gasteiger partial charge in [-0.3, -0.25) is 4.98 Å². The predicted molar refractivity (Wildman–Crippen MR) is 148 cm³/mol. The molecule has 0 radical (unpaired) electrons. The van der Waals surface area contributed by atoms with Crippen molar-refractivity contribution >= 4 is 34.5 Å². The van der Waals surface area contributed by atoms with Crippen molar-refractivity contribution in [3.05, 3.63) is 90.1 Å². The van der Waals surface area contributed by atoms with Gasteiger partial charge in [0, 0.05) is 31.0 Å². The lowest BCUT2D eigenvalue weighted by atomic mass is 10.1. The normalized spacial score (nSPS) is 15.4. The van der Waals surface area contributed by atoms with Gasteiger partial charge in [0.2, 0.25) is 6.35 Å². The molecule has 2 aromatic heterocycles. The molecule has 1 unspecified atom stereocenters. The van der Waals surface area contributed by atoms with Crippen LogP contribution in [0.15, 0.2) is 79.0 Å². The van der Waals surface area contributed by atoms with Gasteiger partial charge in [-0.1, -0.05) is 74.6 Å². The summed E-state index contributed by atoms with van der Waals surface area (Å²) in [6.07, 6.45) is 0.939. The first-order chi connectivity index (χ1) is 17.4. The monoisotopic (exact) mass is 498 g/mol. The van der Waals surface area contributed by atoms with Crippen LogP contribution in [-0.4, -0.2) is 49.7 Å². The number of hydrogen-bond acceptors (Lipinski definition) is 6. The van der Waals surface area contributed by atoms with Gasteiger partial charge in [0.25, 0.3) is 0 Å². The van der Waals surface area contributed by atoms with E-state index in [0.29, 0.717) is 29.8 Å². The fourth-order valence-corrected chi connectivity index (χ4v) is 4.69. The van der Waals surface area contributed by atoms with E-state index in [1.54, 1.807) is 11.1 Å². The van der Waals surface area contributed by atoms with Crippen LogP contribution in [-0.2, 0) is 6.54 Å². The molecular formula is C28H30N6OS. The number of aromatic nitrogens is 3. The molecule has 3 heterocycles.